The van der Waals surface area contributed by atoms with Crippen molar-refractivity contribution in [1.29, 1.82) is 0 Å². The van der Waals surface area contributed by atoms with Gasteiger partial charge in [0.25, 0.3) is 5.91 Å². The third-order valence-corrected chi connectivity index (χ3v) is 4.58. The number of thiophene rings is 1. The maximum Gasteiger partial charge on any atom is 0.264 e. The lowest BCUT2D eigenvalue weighted by Gasteiger charge is -2.20. The summed E-state index contributed by atoms with van der Waals surface area (Å²) in [5, 5.41) is 0.681. The second kappa shape index (κ2) is 6.29. The average Bonchev–Trinajstić information content (AvgIpc) is 2.77. The van der Waals surface area contributed by atoms with E-state index in [4.69, 9.17) is 17.3 Å². The molecule has 20 heavy (non-hydrogen) atoms. The zero-order valence-electron chi connectivity index (χ0n) is 11.5. The number of amides is 1. The summed E-state index contributed by atoms with van der Waals surface area (Å²) < 4.78 is 0. The number of nitrogens with two attached hydrogens (primary N) is 1. The van der Waals surface area contributed by atoms with E-state index in [1.54, 1.807) is 11.0 Å². The summed E-state index contributed by atoms with van der Waals surface area (Å²) in [5.74, 6) is -0.00257. The highest BCUT2D eigenvalue weighted by Crippen LogP contribution is 2.25. The highest BCUT2D eigenvalue weighted by atomic mass is 35.5. The van der Waals surface area contributed by atoms with Crippen LogP contribution >= 0.6 is 22.9 Å². The third kappa shape index (κ3) is 3.14. The fourth-order valence-electron chi connectivity index (χ4n) is 1.92. The molecule has 0 spiro atoms. The molecule has 3 nitrogen and oxygen atoms in total. The Morgan fingerprint density at radius 3 is 2.65 bits per heavy atom. The minimum atomic E-state index is -0.00257. The van der Waals surface area contributed by atoms with Gasteiger partial charge in [-0.2, -0.15) is 0 Å². The molecule has 0 aliphatic heterocycles. The van der Waals surface area contributed by atoms with E-state index in [1.807, 2.05) is 38.1 Å². The maximum atomic E-state index is 12.5. The molecule has 0 atom stereocenters. The molecule has 1 heterocycles. The Kier molecular flexibility index (Phi) is 4.68. The molecule has 1 amide bonds. The van der Waals surface area contributed by atoms with Gasteiger partial charge in [0, 0.05) is 28.7 Å². The van der Waals surface area contributed by atoms with E-state index >= 15 is 0 Å². The van der Waals surface area contributed by atoms with E-state index in [0.717, 1.165) is 10.4 Å². The monoisotopic (exact) mass is 308 g/mol. The number of hydrogen-bond donors (Lipinski definition) is 1. The zero-order chi connectivity index (χ0) is 14.7. The van der Waals surface area contributed by atoms with Crippen LogP contribution in [0.2, 0.25) is 5.02 Å². The number of benzene rings is 1. The molecule has 0 unspecified atom stereocenters. The highest BCUT2D eigenvalue weighted by Gasteiger charge is 2.18. The Labute approximate surface area is 128 Å². The first-order chi connectivity index (χ1) is 9.52. The standard InChI is InChI=1S/C15H17ClN2OS/c1-3-18(9-11-6-4-5-7-12(11)16)15(19)14-8-13(17)10(2)20-14/h4-8H,3,9,17H2,1-2H3. The van der Waals surface area contributed by atoms with Gasteiger partial charge in [0.2, 0.25) is 0 Å². The molecule has 106 valence electrons. The van der Waals surface area contributed by atoms with Crippen molar-refractivity contribution >= 4 is 34.5 Å². The van der Waals surface area contributed by atoms with Crippen molar-refractivity contribution in [3.05, 3.63) is 50.7 Å². The van der Waals surface area contributed by atoms with Gasteiger partial charge in [0.15, 0.2) is 0 Å². The van der Waals surface area contributed by atoms with Gasteiger partial charge in [-0.25, -0.2) is 0 Å². The Hall–Kier alpha value is -1.52. The van der Waals surface area contributed by atoms with Gasteiger partial charge in [-0.1, -0.05) is 29.8 Å². The van der Waals surface area contributed by atoms with Gasteiger partial charge in [-0.05, 0) is 31.5 Å². The van der Waals surface area contributed by atoms with E-state index in [0.29, 0.717) is 28.7 Å². The SMILES string of the molecule is CCN(Cc1ccccc1Cl)C(=O)c1cc(N)c(C)s1. The van der Waals surface area contributed by atoms with Crippen molar-refractivity contribution in [2.45, 2.75) is 20.4 Å². The molecule has 1 aromatic heterocycles. The van der Waals surface area contributed by atoms with Crippen LogP contribution in [0.1, 0.15) is 27.0 Å². The number of aryl methyl sites for hydroxylation is 1. The van der Waals surface area contributed by atoms with Crippen molar-refractivity contribution in [3.8, 4) is 0 Å². The molecular weight excluding hydrogens is 292 g/mol. The lowest BCUT2D eigenvalue weighted by molar-refractivity contribution is 0.0757. The first-order valence-electron chi connectivity index (χ1n) is 6.41. The normalized spacial score (nSPS) is 10.6. The molecule has 2 rings (SSSR count). The first-order valence-corrected chi connectivity index (χ1v) is 7.61. The number of rotatable bonds is 4. The quantitative estimate of drug-likeness (QED) is 0.929. The molecule has 0 saturated heterocycles. The van der Waals surface area contributed by atoms with Crippen LogP contribution in [-0.2, 0) is 6.54 Å². The Bertz CT molecular complexity index is 605. The van der Waals surface area contributed by atoms with Crippen molar-refractivity contribution in [2.75, 3.05) is 12.3 Å². The van der Waals surface area contributed by atoms with E-state index in [2.05, 4.69) is 0 Å². The predicted molar refractivity (Wildman–Crippen MR) is 85.3 cm³/mol. The average molecular weight is 309 g/mol. The summed E-state index contributed by atoms with van der Waals surface area (Å²) >= 11 is 7.58. The first kappa shape index (κ1) is 14.9. The number of nitrogen functional groups attached to an aromatic ring is 1. The van der Waals surface area contributed by atoms with Gasteiger partial charge in [-0.3, -0.25) is 4.79 Å². The molecule has 5 heteroatoms. The van der Waals surface area contributed by atoms with E-state index in [-0.39, 0.29) is 5.91 Å². The summed E-state index contributed by atoms with van der Waals surface area (Å²) in [6.07, 6.45) is 0. The molecule has 0 bridgehead atoms. The van der Waals surface area contributed by atoms with Gasteiger partial charge in [0.1, 0.15) is 0 Å². The summed E-state index contributed by atoms with van der Waals surface area (Å²) in [6.45, 7) is 5.01. The van der Waals surface area contributed by atoms with Gasteiger partial charge in [0.05, 0.1) is 4.88 Å². The number of nitrogens with zero attached hydrogens (tertiary/aromatic N) is 1. The molecule has 0 aliphatic rings. The summed E-state index contributed by atoms with van der Waals surface area (Å²) in [5.41, 5.74) is 7.44. The number of carbonyl (C=O) groups excluding carboxylic acids is 1. The van der Waals surface area contributed by atoms with Crippen LogP contribution in [0.4, 0.5) is 5.69 Å². The molecule has 0 saturated carbocycles. The largest absolute Gasteiger partial charge is 0.398 e. The van der Waals surface area contributed by atoms with Crippen molar-refractivity contribution in [3.63, 3.8) is 0 Å². The maximum absolute atomic E-state index is 12.5. The lowest BCUT2D eigenvalue weighted by atomic mass is 10.2. The lowest BCUT2D eigenvalue weighted by Crippen LogP contribution is -2.29. The summed E-state index contributed by atoms with van der Waals surface area (Å²) in [6, 6.07) is 9.33. The number of carbonyl (C=O) groups is 1. The molecule has 0 fully saturated rings. The fourth-order valence-corrected chi connectivity index (χ4v) is 3.02. The van der Waals surface area contributed by atoms with Crippen molar-refractivity contribution < 1.29 is 4.79 Å². The Morgan fingerprint density at radius 1 is 1.40 bits per heavy atom. The van der Waals surface area contributed by atoms with Crippen LogP contribution in [0, 0.1) is 6.92 Å². The second-order valence-electron chi connectivity index (χ2n) is 4.53. The number of hydrogen-bond acceptors (Lipinski definition) is 3. The van der Waals surface area contributed by atoms with Crippen LogP contribution in [0.15, 0.2) is 30.3 Å². The minimum absolute atomic E-state index is 0.00257. The molecule has 2 aromatic rings. The predicted octanol–water partition coefficient (Wildman–Crippen LogP) is 3.95. The second-order valence-corrected chi connectivity index (χ2v) is 6.20. The van der Waals surface area contributed by atoms with Crippen LogP contribution < -0.4 is 5.73 Å². The van der Waals surface area contributed by atoms with Crippen LogP contribution in [0.25, 0.3) is 0 Å². The van der Waals surface area contributed by atoms with Gasteiger partial charge < -0.3 is 10.6 Å². The minimum Gasteiger partial charge on any atom is -0.398 e. The summed E-state index contributed by atoms with van der Waals surface area (Å²) in [4.78, 5) is 15.9. The zero-order valence-corrected chi connectivity index (χ0v) is 13.1. The Morgan fingerprint density at radius 2 is 2.10 bits per heavy atom. The van der Waals surface area contributed by atoms with Gasteiger partial charge in [-0.15, -0.1) is 11.3 Å². The topological polar surface area (TPSA) is 46.3 Å². The van der Waals surface area contributed by atoms with E-state index in [9.17, 15) is 4.79 Å². The molecule has 2 N–H and O–H groups in total. The highest BCUT2D eigenvalue weighted by molar-refractivity contribution is 7.14. The van der Waals surface area contributed by atoms with Crippen LogP contribution in [0.3, 0.4) is 0 Å². The van der Waals surface area contributed by atoms with Crippen LogP contribution in [0.5, 0.6) is 0 Å². The summed E-state index contributed by atoms with van der Waals surface area (Å²) in [7, 11) is 0. The van der Waals surface area contributed by atoms with Gasteiger partial charge >= 0.3 is 0 Å². The fraction of sp³-hybridized carbons (Fsp3) is 0.267. The molecule has 0 radical (unpaired) electrons. The smallest absolute Gasteiger partial charge is 0.264 e. The van der Waals surface area contributed by atoms with Crippen molar-refractivity contribution in [1.82, 2.24) is 4.90 Å². The Balaban J connectivity index is 2.20. The number of halogens is 1. The molecular formula is C15H17ClN2OS. The number of anilines is 1. The third-order valence-electron chi connectivity index (χ3n) is 3.15. The van der Waals surface area contributed by atoms with E-state index in [1.165, 1.54) is 11.3 Å². The van der Waals surface area contributed by atoms with Crippen molar-refractivity contribution in [2.24, 2.45) is 0 Å². The van der Waals surface area contributed by atoms with E-state index < -0.39 is 0 Å². The molecule has 1 aromatic carbocycles. The molecule has 0 aliphatic carbocycles. The van der Waals surface area contributed by atoms with Crippen LogP contribution in [-0.4, -0.2) is 17.4 Å².